The molecule has 1 aromatic heterocycles. The average Bonchev–Trinajstić information content (AvgIpc) is 2.66. The predicted molar refractivity (Wildman–Crippen MR) is 73.6 cm³/mol. The van der Waals surface area contributed by atoms with Crippen molar-refractivity contribution in [2.24, 2.45) is 5.84 Å². The van der Waals surface area contributed by atoms with E-state index < -0.39 is 0 Å². The number of hydrogen-bond donors (Lipinski definition) is 2. The van der Waals surface area contributed by atoms with E-state index in [9.17, 15) is 4.79 Å². The topological polar surface area (TPSA) is 72.9 Å². The maximum atomic E-state index is 11.7. The Bertz CT molecular complexity index is 616. The van der Waals surface area contributed by atoms with Crippen LogP contribution in [0.15, 0.2) is 24.3 Å². The van der Waals surface area contributed by atoms with Crippen LogP contribution in [0.4, 0.5) is 0 Å². The first-order chi connectivity index (χ1) is 9.04. The molecule has 0 saturated heterocycles. The molecule has 0 radical (unpaired) electrons. The lowest BCUT2D eigenvalue weighted by atomic mass is 10.1. The summed E-state index contributed by atoms with van der Waals surface area (Å²) in [4.78, 5) is 11.7. The minimum Gasteiger partial charge on any atom is -0.290 e. The number of nitrogens with two attached hydrogens (primary N) is 1. The average molecular weight is 258 g/mol. The minimum absolute atomic E-state index is 0.283. The maximum Gasteiger partial charge on any atom is 0.265 e. The van der Waals surface area contributed by atoms with Crippen molar-refractivity contribution in [1.29, 1.82) is 0 Å². The van der Waals surface area contributed by atoms with Gasteiger partial charge < -0.3 is 0 Å². The molecule has 2 aromatic rings. The third kappa shape index (κ3) is 2.51. The van der Waals surface area contributed by atoms with Gasteiger partial charge in [-0.3, -0.25) is 14.9 Å². The molecule has 1 aromatic carbocycles. The van der Waals surface area contributed by atoms with Crippen molar-refractivity contribution in [3.8, 4) is 0 Å². The zero-order valence-electron chi connectivity index (χ0n) is 11.4. The van der Waals surface area contributed by atoms with E-state index in [1.165, 1.54) is 5.56 Å². The number of carbonyl (C=O) groups is 1. The molecule has 0 aliphatic heterocycles. The van der Waals surface area contributed by atoms with Crippen LogP contribution in [-0.2, 0) is 6.54 Å². The highest BCUT2D eigenvalue weighted by Gasteiger charge is 2.12. The number of hydrogen-bond acceptors (Lipinski definition) is 3. The van der Waals surface area contributed by atoms with E-state index in [0.29, 0.717) is 12.1 Å². The fraction of sp³-hybridized carbons (Fsp3) is 0.286. The van der Waals surface area contributed by atoms with Gasteiger partial charge in [0.25, 0.3) is 5.91 Å². The maximum absolute atomic E-state index is 11.7. The van der Waals surface area contributed by atoms with Crippen molar-refractivity contribution in [3.63, 3.8) is 0 Å². The largest absolute Gasteiger partial charge is 0.290 e. The molecule has 1 heterocycles. The minimum atomic E-state index is -0.283. The van der Waals surface area contributed by atoms with E-state index in [-0.39, 0.29) is 5.91 Å². The van der Waals surface area contributed by atoms with Gasteiger partial charge in [0.2, 0.25) is 0 Å². The first-order valence-corrected chi connectivity index (χ1v) is 6.14. The fourth-order valence-electron chi connectivity index (χ4n) is 2.06. The highest BCUT2D eigenvalue weighted by molar-refractivity contribution is 5.95. The molecule has 2 rings (SSSR count). The summed E-state index contributed by atoms with van der Waals surface area (Å²) in [5.41, 5.74) is 6.95. The number of amides is 1. The van der Waals surface area contributed by atoms with Crippen molar-refractivity contribution in [2.45, 2.75) is 27.3 Å². The van der Waals surface area contributed by atoms with Gasteiger partial charge in [0, 0.05) is 11.3 Å². The quantitative estimate of drug-likeness (QED) is 0.497. The second kappa shape index (κ2) is 5.24. The van der Waals surface area contributed by atoms with Crippen molar-refractivity contribution in [1.82, 2.24) is 15.2 Å². The second-order valence-electron chi connectivity index (χ2n) is 4.58. The molecular weight excluding hydrogens is 240 g/mol. The third-order valence-corrected chi connectivity index (χ3v) is 3.46. The van der Waals surface area contributed by atoms with Crippen molar-refractivity contribution in [3.05, 3.63) is 52.3 Å². The number of nitrogen functional groups attached to an aromatic ring is 1. The highest BCUT2D eigenvalue weighted by Crippen LogP contribution is 2.15. The molecule has 100 valence electrons. The van der Waals surface area contributed by atoms with Crippen LogP contribution in [0, 0.1) is 20.8 Å². The molecule has 0 aliphatic rings. The Balaban J connectivity index is 2.38. The van der Waals surface area contributed by atoms with Crippen LogP contribution in [0.5, 0.6) is 0 Å². The lowest BCUT2D eigenvalue weighted by Gasteiger charge is -2.09. The van der Waals surface area contributed by atoms with Crippen molar-refractivity contribution >= 4 is 5.91 Å². The van der Waals surface area contributed by atoms with Gasteiger partial charge in [0.15, 0.2) is 0 Å². The van der Waals surface area contributed by atoms with E-state index >= 15 is 0 Å². The van der Waals surface area contributed by atoms with Gasteiger partial charge in [0.05, 0.1) is 12.2 Å². The van der Waals surface area contributed by atoms with Crippen LogP contribution >= 0.6 is 0 Å². The molecule has 19 heavy (non-hydrogen) atoms. The predicted octanol–water partition coefficient (Wildman–Crippen LogP) is 1.46. The molecule has 0 atom stereocenters. The lowest BCUT2D eigenvalue weighted by molar-refractivity contribution is 0.0952. The summed E-state index contributed by atoms with van der Waals surface area (Å²) in [6.45, 7) is 6.62. The number of carbonyl (C=O) groups excluding carboxylic acids is 1. The van der Waals surface area contributed by atoms with E-state index in [0.717, 1.165) is 17.0 Å². The second-order valence-corrected chi connectivity index (χ2v) is 4.58. The van der Waals surface area contributed by atoms with E-state index in [4.69, 9.17) is 5.84 Å². The van der Waals surface area contributed by atoms with Crippen molar-refractivity contribution in [2.75, 3.05) is 0 Å². The van der Waals surface area contributed by atoms with Crippen LogP contribution in [0.2, 0.25) is 0 Å². The van der Waals surface area contributed by atoms with Crippen LogP contribution in [0.25, 0.3) is 0 Å². The molecule has 0 fully saturated rings. The fourth-order valence-corrected chi connectivity index (χ4v) is 2.06. The molecule has 0 spiro atoms. The molecule has 0 saturated carbocycles. The van der Waals surface area contributed by atoms with E-state index in [1.807, 2.05) is 43.7 Å². The number of aromatic nitrogens is 2. The lowest BCUT2D eigenvalue weighted by Crippen LogP contribution is -2.31. The van der Waals surface area contributed by atoms with Gasteiger partial charge in [-0.2, -0.15) is 5.10 Å². The summed E-state index contributed by atoms with van der Waals surface area (Å²) in [5, 5.41) is 4.49. The molecule has 0 bridgehead atoms. The van der Waals surface area contributed by atoms with Gasteiger partial charge in [-0.25, -0.2) is 5.84 Å². The monoisotopic (exact) mass is 258 g/mol. The van der Waals surface area contributed by atoms with E-state index in [1.54, 1.807) is 6.07 Å². The SMILES string of the molecule is Cc1nn(Cc2ccccc2C(=O)NN)c(C)c1C. The van der Waals surface area contributed by atoms with Crippen molar-refractivity contribution < 1.29 is 4.79 Å². The molecule has 5 heteroatoms. The molecule has 0 unspecified atom stereocenters. The third-order valence-electron chi connectivity index (χ3n) is 3.46. The molecule has 1 amide bonds. The Morgan fingerprint density at radius 2 is 2.00 bits per heavy atom. The first kappa shape index (κ1) is 13.3. The van der Waals surface area contributed by atoms with Gasteiger partial charge in [-0.05, 0) is 38.0 Å². The zero-order valence-corrected chi connectivity index (χ0v) is 11.4. The summed E-state index contributed by atoms with van der Waals surface area (Å²) >= 11 is 0. The standard InChI is InChI=1S/C14H18N4O/c1-9-10(2)17-18(11(9)3)8-12-6-4-5-7-13(12)14(19)16-15/h4-7H,8,15H2,1-3H3,(H,16,19). The normalized spacial score (nSPS) is 10.5. The highest BCUT2D eigenvalue weighted by atomic mass is 16.2. The zero-order chi connectivity index (χ0) is 14.0. The summed E-state index contributed by atoms with van der Waals surface area (Å²) in [5.74, 6) is 4.92. The van der Waals surface area contributed by atoms with Crippen LogP contribution in [0.1, 0.15) is 32.9 Å². The number of nitrogens with zero attached hydrogens (tertiary/aromatic N) is 2. The first-order valence-electron chi connectivity index (χ1n) is 6.14. The van der Waals surface area contributed by atoms with Gasteiger partial charge in [-0.15, -0.1) is 0 Å². The Hall–Kier alpha value is -2.14. The number of rotatable bonds is 3. The molecule has 3 N–H and O–H groups in total. The van der Waals surface area contributed by atoms with Crippen LogP contribution < -0.4 is 11.3 Å². The van der Waals surface area contributed by atoms with E-state index in [2.05, 4.69) is 10.5 Å². The van der Waals surface area contributed by atoms with Crippen LogP contribution in [0.3, 0.4) is 0 Å². The Morgan fingerprint density at radius 1 is 1.32 bits per heavy atom. The molecule has 5 nitrogen and oxygen atoms in total. The Kier molecular flexibility index (Phi) is 3.66. The summed E-state index contributed by atoms with van der Waals surface area (Å²) < 4.78 is 1.91. The summed E-state index contributed by atoms with van der Waals surface area (Å²) in [7, 11) is 0. The Morgan fingerprint density at radius 3 is 2.58 bits per heavy atom. The van der Waals surface area contributed by atoms with Crippen LogP contribution in [-0.4, -0.2) is 15.7 Å². The smallest absolute Gasteiger partial charge is 0.265 e. The Labute approximate surface area is 112 Å². The molecule has 0 aliphatic carbocycles. The number of aryl methyl sites for hydroxylation is 1. The van der Waals surface area contributed by atoms with Gasteiger partial charge in [-0.1, -0.05) is 18.2 Å². The van der Waals surface area contributed by atoms with Gasteiger partial charge in [0.1, 0.15) is 0 Å². The number of hydrazine groups is 1. The number of nitrogens with one attached hydrogen (secondary N) is 1. The molecular formula is C14H18N4O. The number of benzene rings is 1. The summed E-state index contributed by atoms with van der Waals surface area (Å²) in [6, 6.07) is 7.40. The summed E-state index contributed by atoms with van der Waals surface area (Å²) in [6.07, 6.45) is 0. The van der Waals surface area contributed by atoms with Gasteiger partial charge >= 0.3 is 0 Å².